The van der Waals surface area contributed by atoms with E-state index in [-0.39, 0.29) is 24.0 Å². The van der Waals surface area contributed by atoms with Gasteiger partial charge in [-0.25, -0.2) is 0 Å². The van der Waals surface area contributed by atoms with Crippen LogP contribution in [-0.4, -0.2) is 44.1 Å². The van der Waals surface area contributed by atoms with Crippen molar-refractivity contribution >= 4 is 29.9 Å². The molecule has 1 unspecified atom stereocenters. The third-order valence-corrected chi connectivity index (χ3v) is 3.85. The number of aliphatic imine (C=N–C) groups is 1. The molecule has 0 aliphatic carbocycles. The lowest BCUT2D eigenvalue weighted by Gasteiger charge is -2.23. The SMILES string of the molecule is CCCCCCNC(N)=NCC(Cc1ccccc1)N(C)C.I. The average molecular weight is 432 g/mol. The van der Waals surface area contributed by atoms with Crippen molar-refractivity contribution in [2.75, 3.05) is 27.2 Å². The Balaban J connectivity index is 0.00000484. The zero-order chi connectivity index (χ0) is 16.2. The molecule has 1 atom stereocenters. The van der Waals surface area contributed by atoms with Crippen molar-refractivity contribution in [1.82, 2.24) is 10.2 Å². The summed E-state index contributed by atoms with van der Waals surface area (Å²) in [5.41, 5.74) is 7.29. The van der Waals surface area contributed by atoms with Gasteiger partial charge in [0.25, 0.3) is 0 Å². The number of unbranched alkanes of at least 4 members (excludes halogenated alkanes) is 3. The molecule has 0 spiro atoms. The molecule has 1 rings (SSSR count). The Morgan fingerprint density at radius 2 is 1.87 bits per heavy atom. The number of guanidine groups is 1. The van der Waals surface area contributed by atoms with E-state index in [0.717, 1.165) is 25.9 Å². The van der Waals surface area contributed by atoms with E-state index in [1.54, 1.807) is 0 Å². The van der Waals surface area contributed by atoms with E-state index in [0.29, 0.717) is 12.0 Å². The molecule has 5 heteroatoms. The number of benzene rings is 1. The number of rotatable bonds is 10. The molecule has 0 fully saturated rings. The van der Waals surface area contributed by atoms with Crippen LogP contribution in [0.4, 0.5) is 0 Å². The highest BCUT2D eigenvalue weighted by atomic mass is 127. The van der Waals surface area contributed by atoms with Crippen LogP contribution in [0.25, 0.3) is 0 Å². The summed E-state index contributed by atoms with van der Waals surface area (Å²) in [5, 5.41) is 3.21. The van der Waals surface area contributed by atoms with Gasteiger partial charge in [0.2, 0.25) is 0 Å². The van der Waals surface area contributed by atoms with Crippen LogP contribution in [0.5, 0.6) is 0 Å². The Hall–Kier alpha value is -0.820. The predicted molar refractivity (Wildman–Crippen MR) is 112 cm³/mol. The van der Waals surface area contributed by atoms with Gasteiger partial charge in [-0.15, -0.1) is 24.0 Å². The normalized spacial score (nSPS) is 12.8. The van der Waals surface area contributed by atoms with Crippen molar-refractivity contribution in [2.45, 2.75) is 45.1 Å². The summed E-state index contributed by atoms with van der Waals surface area (Å²) in [4.78, 5) is 6.71. The third kappa shape index (κ3) is 10.5. The lowest BCUT2D eigenvalue weighted by molar-refractivity contribution is 0.298. The van der Waals surface area contributed by atoms with Crippen LogP contribution >= 0.6 is 24.0 Å². The number of halogens is 1. The third-order valence-electron chi connectivity index (χ3n) is 3.85. The van der Waals surface area contributed by atoms with Crippen LogP contribution < -0.4 is 11.1 Å². The lowest BCUT2D eigenvalue weighted by Crippen LogP contribution is -2.37. The van der Waals surface area contributed by atoms with E-state index in [9.17, 15) is 0 Å². The number of likely N-dealkylation sites (N-methyl/N-ethyl adjacent to an activating group) is 1. The molecule has 0 aliphatic heterocycles. The molecule has 0 aliphatic rings. The fourth-order valence-corrected chi connectivity index (χ4v) is 2.32. The Labute approximate surface area is 158 Å². The number of nitrogens with one attached hydrogen (secondary N) is 1. The molecule has 3 N–H and O–H groups in total. The fraction of sp³-hybridized carbons (Fsp3) is 0.611. The second kappa shape index (κ2) is 13.6. The first kappa shape index (κ1) is 22.2. The zero-order valence-electron chi connectivity index (χ0n) is 14.8. The Bertz CT molecular complexity index is 420. The highest BCUT2D eigenvalue weighted by Crippen LogP contribution is 2.07. The van der Waals surface area contributed by atoms with Gasteiger partial charge in [-0.1, -0.05) is 56.5 Å². The van der Waals surface area contributed by atoms with Crippen LogP contribution in [0, 0.1) is 0 Å². The molecular weight excluding hydrogens is 399 g/mol. The molecule has 0 heterocycles. The maximum Gasteiger partial charge on any atom is 0.188 e. The van der Waals surface area contributed by atoms with Crippen LogP contribution in [0.15, 0.2) is 35.3 Å². The maximum absolute atomic E-state index is 5.95. The molecule has 0 bridgehead atoms. The van der Waals surface area contributed by atoms with E-state index >= 15 is 0 Å². The summed E-state index contributed by atoms with van der Waals surface area (Å²) in [6.45, 7) is 3.85. The number of nitrogens with zero attached hydrogens (tertiary/aromatic N) is 2. The van der Waals surface area contributed by atoms with Gasteiger partial charge < -0.3 is 16.0 Å². The molecule has 1 aromatic rings. The molecule has 1 aromatic carbocycles. The summed E-state index contributed by atoms with van der Waals surface area (Å²) in [7, 11) is 4.19. The van der Waals surface area contributed by atoms with Crippen LogP contribution in [-0.2, 0) is 6.42 Å². The van der Waals surface area contributed by atoms with Crippen molar-refractivity contribution in [3.05, 3.63) is 35.9 Å². The van der Waals surface area contributed by atoms with Crippen molar-refractivity contribution in [2.24, 2.45) is 10.7 Å². The van der Waals surface area contributed by atoms with Crippen LogP contribution in [0.3, 0.4) is 0 Å². The molecule has 0 radical (unpaired) electrons. The predicted octanol–water partition coefficient (Wildman–Crippen LogP) is 3.26. The molecular formula is C18H33IN4. The van der Waals surface area contributed by atoms with E-state index in [1.807, 2.05) is 6.07 Å². The summed E-state index contributed by atoms with van der Waals surface area (Å²) >= 11 is 0. The second-order valence-corrected chi connectivity index (χ2v) is 6.02. The van der Waals surface area contributed by atoms with E-state index in [2.05, 4.69) is 60.5 Å². The first-order valence-corrected chi connectivity index (χ1v) is 8.37. The van der Waals surface area contributed by atoms with Gasteiger partial charge in [0.05, 0.1) is 6.54 Å². The number of nitrogens with two attached hydrogens (primary N) is 1. The van der Waals surface area contributed by atoms with E-state index < -0.39 is 0 Å². The fourth-order valence-electron chi connectivity index (χ4n) is 2.32. The van der Waals surface area contributed by atoms with E-state index in [1.165, 1.54) is 24.8 Å². The highest BCUT2D eigenvalue weighted by molar-refractivity contribution is 14.0. The van der Waals surface area contributed by atoms with Gasteiger partial charge in [-0.2, -0.15) is 0 Å². The van der Waals surface area contributed by atoms with Crippen molar-refractivity contribution in [1.29, 1.82) is 0 Å². The smallest absolute Gasteiger partial charge is 0.188 e. The van der Waals surface area contributed by atoms with Gasteiger partial charge in [0, 0.05) is 12.6 Å². The van der Waals surface area contributed by atoms with Crippen molar-refractivity contribution < 1.29 is 0 Å². The lowest BCUT2D eigenvalue weighted by atomic mass is 10.1. The summed E-state index contributed by atoms with van der Waals surface area (Å²) in [5.74, 6) is 0.566. The second-order valence-electron chi connectivity index (χ2n) is 6.02. The van der Waals surface area contributed by atoms with Gasteiger partial charge in [-0.3, -0.25) is 4.99 Å². The minimum absolute atomic E-state index is 0. The summed E-state index contributed by atoms with van der Waals surface area (Å²) < 4.78 is 0. The number of hydrogen-bond acceptors (Lipinski definition) is 2. The summed E-state index contributed by atoms with van der Waals surface area (Å²) in [6, 6.07) is 10.9. The summed E-state index contributed by atoms with van der Waals surface area (Å²) in [6.07, 6.45) is 5.95. The highest BCUT2D eigenvalue weighted by Gasteiger charge is 2.11. The maximum atomic E-state index is 5.95. The zero-order valence-corrected chi connectivity index (χ0v) is 17.1. The monoisotopic (exact) mass is 432 g/mol. The first-order chi connectivity index (χ1) is 10.6. The molecule has 23 heavy (non-hydrogen) atoms. The van der Waals surface area contributed by atoms with E-state index in [4.69, 9.17) is 5.73 Å². The van der Waals surface area contributed by atoms with Gasteiger partial charge in [0.15, 0.2) is 5.96 Å². The first-order valence-electron chi connectivity index (χ1n) is 8.37. The van der Waals surface area contributed by atoms with Crippen LogP contribution in [0.2, 0.25) is 0 Å². The Morgan fingerprint density at radius 3 is 2.48 bits per heavy atom. The topological polar surface area (TPSA) is 53.6 Å². The molecule has 132 valence electrons. The van der Waals surface area contributed by atoms with Crippen molar-refractivity contribution in [3.63, 3.8) is 0 Å². The molecule has 0 saturated carbocycles. The van der Waals surface area contributed by atoms with Crippen molar-refractivity contribution in [3.8, 4) is 0 Å². The minimum Gasteiger partial charge on any atom is -0.370 e. The quantitative estimate of drug-likeness (QED) is 0.258. The number of hydrogen-bond donors (Lipinski definition) is 2. The van der Waals surface area contributed by atoms with Gasteiger partial charge in [-0.05, 0) is 32.5 Å². The van der Waals surface area contributed by atoms with Gasteiger partial charge in [0.1, 0.15) is 0 Å². The average Bonchev–Trinajstić information content (AvgIpc) is 2.52. The molecule has 0 aromatic heterocycles. The minimum atomic E-state index is 0. The van der Waals surface area contributed by atoms with Gasteiger partial charge >= 0.3 is 0 Å². The molecule has 0 saturated heterocycles. The Kier molecular flexibility index (Phi) is 13.1. The standard InChI is InChI=1S/C18H32N4.HI/c1-4-5-6-10-13-20-18(19)21-15-17(22(2)3)14-16-11-8-7-9-12-16;/h7-9,11-12,17H,4-6,10,13-15H2,1-3H3,(H3,19,20,21);1H. The van der Waals surface area contributed by atoms with Crippen LogP contribution in [0.1, 0.15) is 38.2 Å². The molecule has 4 nitrogen and oxygen atoms in total. The molecule has 0 amide bonds. The largest absolute Gasteiger partial charge is 0.370 e. The Morgan fingerprint density at radius 1 is 1.17 bits per heavy atom.